The number of ether oxygens (including phenoxy) is 1. The number of halogens is 3. The molecule has 5 heterocycles. The van der Waals surface area contributed by atoms with Gasteiger partial charge in [-0.2, -0.15) is 23.1 Å². The van der Waals surface area contributed by atoms with Crippen LogP contribution in [0.1, 0.15) is 32.4 Å². The lowest BCUT2D eigenvalue weighted by molar-refractivity contribution is -0.145. The van der Waals surface area contributed by atoms with Crippen LogP contribution in [0.2, 0.25) is 0 Å². The normalized spacial score (nSPS) is 18.3. The summed E-state index contributed by atoms with van der Waals surface area (Å²) in [4.78, 5) is 25.1. The van der Waals surface area contributed by atoms with Gasteiger partial charge in [-0.3, -0.25) is 14.4 Å². The smallest absolute Gasteiger partial charge is 0.378 e. The number of imidazole rings is 2. The van der Waals surface area contributed by atoms with Gasteiger partial charge in [0, 0.05) is 51.9 Å². The number of benzene rings is 1. The number of fused-ring (bicyclic) bond motifs is 2. The SMILES string of the molecule is Cn1c(CN2CCN(C(C)(C)C)CC2)nc2c(N3CCOCC3)nc(-n3c(C(F)(F)F)nc4ccccc43)nc21. The van der Waals surface area contributed by atoms with Gasteiger partial charge in [0.1, 0.15) is 5.82 Å². The van der Waals surface area contributed by atoms with E-state index in [2.05, 4.69) is 40.5 Å². The van der Waals surface area contributed by atoms with Crippen LogP contribution in [0.4, 0.5) is 19.0 Å². The van der Waals surface area contributed by atoms with Gasteiger partial charge in [-0.15, -0.1) is 0 Å². The van der Waals surface area contributed by atoms with Gasteiger partial charge in [-0.05, 0) is 32.9 Å². The largest absolute Gasteiger partial charge is 0.450 e. The summed E-state index contributed by atoms with van der Waals surface area (Å²) in [5.41, 5.74) is 1.71. The summed E-state index contributed by atoms with van der Waals surface area (Å²) >= 11 is 0. The van der Waals surface area contributed by atoms with Crippen LogP contribution >= 0.6 is 0 Å². The number of aromatic nitrogens is 6. The fourth-order valence-corrected chi connectivity index (χ4v) is 5.51. The van der Waals surface area contributed by atoms with Gasteiger partial charge in [-0.25, -0.2) is 9.97 Å². The lowest BCUT2D eigenvalue weighted by Gasteiger charge is -2.42. The van der Waals surface area contributed by atoms with E-state index in [9.17, 15) is 13.2 Å². The molecule has 4 aromatic rings. The van der Waals surface area contributed by atoms with Gasteiger partial charge in [-0.1, -0.05) is 12.1 Å². The molecule has 0 amide bonds. The number of anilines is 1. The predicted octanol–water partition coefficient (Wildman–Crippen LogP) is 3.47. The van der Waals surface area contributed by atoms with Crippen molar-refractivity contribution in [3.05, 3.63) is 35.9 Å². The average molecular weight is 558 g/mol. The molecule has 6 rings (SSSR count). The number of alkyl halides is 3. The minimum Gasteiger partial charge on any atom is -0.378 e. The maximum absolute atomic E-state index is 14.2. The van der Waals surface area contributed by atoms with E-state index < -0.39 is 12.0 Å². The number of hydrogen-bond acceptors (Lipinski definition) is 8. The van der Waals surface area contributed by atoms with Gasteiger partial charge in [0.2, 0.25) is 11.8 Å². The van der Waals surface area contributed by atoms with E-state index in [1.165, 1.54) is 0 Å². The molecule has 0 bridgehead atoms. The molecule has 10 nitrogen and oxygen atoms in total. The number of rotatable bonds is 4. The number of nitrogens with zero attached hydrogens (tertiary/aromatic N) is 9. The van der Waals surface area contributed by atoms with Crippen molar-refractivity contribution in [3.8, 4) is 5.95 Å². The van der Waals surface area contributed by atoms with Crippen molar-refractivity contribution in [1.29, 1.82) is 0 Å². The van der Waals surface area contributed by atoms with Gasteiger partial charge >= 0.3 is 6.18 Å². The Labute approximate surface area is 230 Å². The first-order valence-electron chi connectivity index (χ1n) is 13.6. The molecule has 0 aliphatic carbocycles. The molecule has 0 atom stereocenters. The Balaban J connectivity index is 1.45. The average Bonchev–Trinajstić information content (AvgIpc) is 3.47. The van der Waals surface area contributed by atoms with Crippen LogP contribution in [0.25, 0.3) is 28.1 Å². The number of piperazine rings is 1. The highest BCUT2D eigenvalue weighted by atomic mass is 19.4. The van der Waals surface area contributed by atoms with Crippen molar-refractivity contribution >= 4 is 28.0 Å². The maximum Gasteiger partial charge on any atom is 0.450 e. The molecule has 0 saturated carbocycles. The first-order valence-corrected chi connectivity index (χ1v) is 13.6. The van der Waals surface area contributed by atoms with E-state index >= 15 is 0 Å². The van der Waals surface area contributed by atoms with Gasteiger partial charge < -0.3 is 14.2 Å². The minimum absolute atomic E-state index is 0.0802. The second-order valence-electron chi connectivity index (χ2n) is 11.4. The topological polar surface area (TPSA) is 80.4 Å². The van der Waals surface area contributed by atoms with Gasteiger partial charge in [0.15, 0.2) is 17.0 Å². The summed E-state index contributed by atoms with van der Waals surface area (Å²) in [5.74, 6) is 0.170. The molecule has 2 fully saturated rings. The zero-order valence-corrected chi connectivity index (χ0v) is 23.2. The van der Waals surface area contributed by atoms with Crippen molar-refractivity contribution in [2.45, 2.75) is 39.0 Å². The Morgan fingerprint density at radius 3 is 2.25 bits per heavy atom. The summed E-state index contributed by atoms with van der Waals surface area (Å²) in [6.07, 6.45) is -4.69. The number of aryl methyl sites for hydroxylation is 1. The molecule has 0 unspecified atom stereocenters. The van der Waals surface area contributed by atoms with Crippen molar-refractivity contribution < 1.29 is 17.9 Å². The minimum atomic E-state index is -4.69. The van der Waals surface area contributed by atoms with Crippen molar-refractivity contribution in [2.75, 3.05) is 57.4 Å². The second-order valence-corrected chi connectivity index (χ2v) is 11.4. The summed E-state index contributed by atoms with van der Waals surface area (Å²) in [7, 11) is 1.87. The van der Waals surface area contributed by atoms with Crippen LogP contribution in [-0.2, 0) is 24.5 Å². The first kappa shape index (κ1) is 26.9. The van der Waals surface area contributed by atoms with Crippen LogP contribution < -0.4 is 4.90 Å². The third kappa shape index (κ3) is 4.90. The van der Waals surface area contributed by atoms with Gasteiger partial charge in [0.25, 0.3) is 0 Å². The van der Waals surface area contributed by atoms with Crippen LogP contribution in [0, 0.1) is 0 Å². The van der Waals surface area contributed by atoms with Crippen molar-refractivity contribution in [3.63, 3.8) is 0 Å². The molecule has 0 radical (unpaired) electrons. The van der Waals surface area contributed by atoms with E-state index in [0.29, 0.717) is 55.3 Å². The Bertz CT molecular complexity index is 1520. The molecule has 13 heteroatoms. The third-order valence-corrected chi connectivity index (χ3v) is 7.79. The summed E-state index contributed by atoms with van der Waals surface area (Å²) in [6.45, 7) is 13.2. The molecular weight excluding hydrogens is 523 g/mol. The molecule has 40 heavy (non-hydrogen) atoms. The number of para-hydroxylation sites is 2. The predicted molar refractivity (Wildman–Crippen MR) is 146 cm³/mol. The molecule has 2 aliphatic heterocycles. The molecule has 2 saturated heterocycles. The van der Waals surface area contributed by atoms with Crippen LogP contribution in [-0.4, -0.2) is 96.9 Å². The molecule has 0 N–H and O–H groups in total. The fourth-order valence-electron chi connectivity index (χ4n) is 5.51. The second kappa shape index (κ2) is 9.96. The standard InChI is InChI=1S/C27H34F3N9O/c1-26(2,3)38-11-9-36(10-12-38)17-20-32-21-22(35(20)4)33-25(34-23(21)37-13-15-40-16-14-37)39-19-8-6-5-7-18(19)31-24(39)27(28,29)30/h5-8H,9-17H2,1-4H3. The van der Waals surface area contributed by atoms with Gasteiger partial charge in [0.05, 0.1) is 30.8 Å². The van der Waals surface area contributed by atoms with E-state index in [4.69, 9.17) is 14.7 Å². The molecule has 2 aliphatic rings. The number of morpholine rings is 1. The highest BCUT2D eigenvalue weighted by Gasteiger charge is 2.39. The zero-order chi connectivity index (χ0) is 28.2. The molecule has 214 valence electrons. The number of hydrogen-bond donors (Lipinski definition) is 0. The molecule has 1 aromatic carbocycles. The maximum atomic E-state index is 14.2. The quantitative estimate of drug-likeness (QED) is 0.378. The highest BCUT2D eigenvalue weighted by Crippen LogP contribution is 2.34. The van der Waals surface area contributed by atoms with Crippen molar-refractivity contribution in [1.82, 2.24) is 38.9 Å². The zero-order valence-electron chi connectivity index (χ0n) is 23.2. The lowest BCUT2D eigenvalue weighted by Crippen LogP contribution is -2.53. The summed E-state index contributed by atoms with van der Waals surface area (Å²) in [5, 5.41) is 0. The third-order valence-electron chi connectivity index (χ3n) is 7.79. The molecule has 3 aromatic heterocycles. The van der Waals surface area contributed by atoms with Crippen LogP contribution in [0.3, 0.4) is 0 Å². The van der Waals surface area contributed by atoms with E-state index in [-0.39, 0.29) is 17.0 Å². The lowest BCUT2D eigenvalue weighted by atomic mass is 10.1. The first-order chi connectivity index (χ1) is 19.0. The molecular formula is C27H34F3N9O. The van der Waals surface area contributed by atoms with E-state index in [0.717, 1.165) is 36.6 Å². The molecule has 0 spiro atoms. The van der Waals surface area contributed by atoms with E-state index in [1.807, 2.05) is 16.5 Å². The summed E-state index contributed by atoms with van der Waals surface area (Å²) < 4.78 is 51.0. The Morgan fingerprint density at radius 1 is 0.875 bits per heavy atom. The fraction of sp³-hybridized carbons (Fsp3) is 0.556. The Kier molecular flexibility index (Phi) is 6.70. The Morgan fingerprint density at radius 2 is 1.57 bits per heavy atom. The highest BCUT2D eigenvalue weighted by molar-refractivity contribution is 5.86. The Hall–Kier alpha value is -3.29. The van der Waals surface area contributed by atoms with E-state index in [1.54, 1.807) is 24.3 Å². The van der Waals surface area contributed by atoms with Crippen LogP contribution in [0.5, 0.6) is 0 Å². The van der Waals surface area contributed by atoms with Crippen molar-refractivity contribution in [2.24, 2.45) is 7.05 Å². The monoisotopic (exact) mass is 557 g/mol. The van der Waals surface area contributed by atoms with Crippen LogP contribution in [0.15, 0.2) is 24.3 Å². The summed E-state index contributed by atoms with van der Waals surface area (Å²) in [6, 6.07) is 6.51.